The van der Waals surface area contributed by atoms with Gasteiger partial charge in [-0.25, -0.2) is 0 Å². The third-order valence-corrected chi connectivity index (χ3v) is 5.81. The molecule has 2 saturated heterocycles. The lowest BCUT2D eigenvalue weighted by Crippen LogP contribution is -2.53. The Labute approximate surface area is 181 Å². The van der Waals surface area contributed by atoms with E-state index in [9.17, 15) is 9.59 Å². The van der Waals surface area contributed by atoms with Gasteiger partial charge in [0.05, 0.1) is 19.8 Å². The van der Waals surface area contributed by atoms with Crippen molar-refractivity contribution < 1.29 is 14.3 Å². The van der Waals surface area contributed by atoms with Crippen LogP contribution in [0.2, 0.25) is 0 Å². The molecular weight excluding hydrogens is 403 g/mol. The van der Waals surface area contributed by atoms with Crippen molar-refractivity contribution in [1.29, 1.82) is 0 Å². The van der Waals surface area contributed by atoms with Crippen LogP contribution >= 0.6 is 24.8 Å². The van der Waals surface area contributed by atoms with Gasteiger partial charge in [0.25, 0.3) is 0 Å². The molecule has 3 unspecified atom stereocenters. The molecule has 7 nitrogen and oxygen atoms in total. The highest BCUT2D eigenvalue weighted by atomic mass is 35.5. The van der Waals surface area contributed by atoms with E-state index < -0.39 is 0 Å². The summed E-state index contributed by atoms with van der Waals surface area (Å²) in [6.07, 6.45) is 5.21. The summed E-state index contributed by atoms with van der Waals surface area (Å²) in [5.74, 6) is 1.04. The van der Waals surface area contributed by atoms with Crippen LogP contribution in [0.15, 0.2) is 0 Å². The van der Waals surface area contributed by atoms with Crippen molar-refractivity contribution in [2.45, 2.75) is 51.1 Å². The summed E-state index contributed by atoms with van der Waals surface area (Å²) in [7, 11) is 0. The van der Waals surface area contributed by atoms with Crippen molar-refractivity contribution in [1.82, 2.24) is 20.4 Å². The quantitative estimate of drug-likeness (QED) is 0.670. The first kappa shape index (κ1) is 25.4. The van der Waals surface area contributed by atoms with Crippen LogP contribution in [0.4, 0.5) is 0 Å². The standard InChI is InChI=1S/C19H34N4O3.2ClH/c1-15-3-2-4-16(11-15)21-18(24)13-22-6-8-23(9-7-22)19(25)12-17-14-26-10-5-20-17;;/h15-17,20H,2-14H2,1H3,(H,21,24);2*1H. The summed E-state index contributed by atoms with van der Waals surface area (Å²) in [4.78, 5) is 28.8. The SMILES string of the molecule is CC1CCCC(NC(=O)CN2CCN(C(=O)CC3COCCN3)CC2)C1.Cl.Cl. The Kier molecular flexibility index (Phi) is 11.7. The van der Waals surface area contributed by atoms with E-state index in [-0.39, 0.29) is 42.7 Å². The maximum Gasteiger partial charge on any atom is 0.234 e. The molecule has 0 spiro atoms. The highest BCUT2D eigenvalue weighted by molar-refractivity contribution is 5.85. The number of hydrogen-bond donors (Lipinski definition) is 2. The Bertz CT molecular complexity index is 484. The molecule has 2 heterocycles. The minimum atomic E-state index is 0. The van der Waals surface area contributed by atoms with Gasteiger partial charge >= 0.3 is 0 Å². The van der Waals surface area contributed by atoms with Crippen LogP contribution in [-0.4, -0.2) is 86.2 Å². The van der Waals surface area contributed by atoms with E-state index in [1.807, 2.05) is 4.90 Å². The molecule has 2 N–H and O–H groups in total. The topological polar surface area (TPSA) is 73.9 Å². The predicted octanol–water partition coefficient (Wildman–Crippen LogP) is 1.05. The first-order valence-corrected chi connectivity index (χ1v) is 10.2. The molecule has 0 aromatic carbocycles. The van der Waals surface area contributed by atoms with E-state index in [1.54, 1.807) is 0 Å². The molecule has 3 fully saturated rings. The molecule has 28 heavy (non-hydrogen) atoms. The zero-order valence-electron chi connectivity index (χ0n) is 16.9. The number of carbonyl (C=O) groups is 2. The number of rotatable bonds is 5. The fourth-order valence-corrected chi connectivity index (χ4v) is 4.29. The number of halogens is 2. The van der Waals surface area contributed by atoms with Crippen molar-refractivity contribution in [3.05, 3.63) is 0 Å². The summed E-state index contributed by atoms with van der Waals surface area (Å²) >= 11 is 0. The Morgan fingerprint density at radius 3 is 2.54 bits per heavy atom. The second-order valence-corrected chi connectivity index (χ2v) is 8.12. The minimum Gasteiger partial charge on any atom is -0.378 e. The molecule has 2 amide bonds. The molecule has 0 radical (unpaired) electrons. The van der Waals surface area contributed by atoms with Gasteiger partial charge in [0.1, 0.15) is 0 Å². The second kappa shape index (κ2) is 12.9. The average Bonchev–Trinajstić information content (AvgIpc) is 2.63. The van der Waals surface area contributed by atoms with Gasteiger partial charge in [-0.05, 0) is 18.8 Å². The largest absolute Gasteiger partial charge is 0.378 e. The lowest BCUT2D eigenvalue weighted by Gasteiger charge is -2.36. The van der Waals surface area contributed by atoms with Crippen molar-refractivity contribution in [2.24, 2.45) is 5.92 Å². The highest BCUT2D eigenvalue weighted by Gasteiger charge is 2.26. The third kappa shape index (κ3) is 8.03. The number of ether oxygens (including phenoxy) is 1. The fourth-order valence-electron chi connectivity index (χ4n) is 4.29. The Hall–Kier alpha value is -0.600. The number of hydrogen-bond acceptors (Lipinski definition) is 5. The summed E-state index contributed by atoms with van der Waals surface area (Å²) in [5, 5.41) is 6.53. The molecule has 0 aromatic rings. The van der Waals surface area contributed by atoms with E-state index >= 15 is 0 Å². The van der Waals surface area contributed by atoms with Gasteiger partial charge in [-0.1, -0.05) is 19.8 Å². The van der Waals surface area contributed by atoms with Gasteiger partial charge in [0, 0.05) is 51.2 Å². The Morgan fingerprint density at radius 1 is 1.14 bits per heavy atom. The maximum atomic E-state index is 12.4. The molecule has 3 rings (SSSR count). The van der Waals surface area contributed by atoms with Crippen LogP contribution in [0.3, 0.4) is 0 Å². The number of morpholine rings is 1. The summed E-state index contributed by atoms with van der Waals surface area (Å²) in [6.45, 7) is 7.84. The van der Waals surface area contributed by atoms with E-state index in [2.05, 4.69) is 22.5 Å². The van der Waals surface area contributed by atoms with Crippen LogP contribution < -0.4 is 10.6 Å². The average molecular weight is 439 g/mol. The molecule has 0 bridgehead atoms. The molecule has 3 atom stereocenters. The third-order valence-electron chi connectivity index (χ3n) is 5.81. The monoisotopic (exact) mass is 438 g/mol. The van der Waals surface area contributed by atoms with Crippen LogP contribution in [0, 0.1) is 5.92 Å². The van der Waals surface area contributed by atoms with E-state index in [1.165, 1.54) is 12.8 Å². The van der Waals surface area contributed by atoms with Crippen molar-refractivity contribution in [3.8, 4) is 0 Å². The van der Waals surface area contributed by atoms with Crippen LogP contribution in [0.25, 0.3) is 0 Å². The van der Waals surface area contributed by atoms with Crippen molar-refractivity contribution >= 4 is 36.6 Å². The van der Waals surface area contributed by atoms with Gasteiger partial charge in [-0.3, -0.25) is 14.5 Å². The lowest BCUT2D eigenvalue weighted by atomic mass is 9.87. The zero-order valence-corrected chi connectivity index (χ0v) is 18.5. The van der Waals surface area contributed by atoms with Gasteiger partial charge in [0.2, 0.25) is 11.8 Å². The molecule has 1 aliphatic carbocycles. The number of amides is 2. The highest BCUT2D eigenvalue weighted by Crippen LogP contribution is 2.23. The molecule has 2 aliphatic heterocycles. The van der Waals surface area contributed by atoms with Crippen LogP contribution in [0.5, 0.6) is 0 Å². The van der Waals surface area contributed by atoms with Crippen molar-refractivity contribution in [2.75, 3.05) is 52.5 Å². The number of nitrogens with one attached hydrogen (secondary N) is 2. The number of piperazine rings is 1. The smallest absolute Gasteiger partial charge is 0.234 e. The van der Waals surface area contributed by atoms with E-state index in [4.69, 9.17) is 4.74 Å². The van der Waals surface area contributed by atoms with Crippen LogP contribution in [0.1, 0.15) is 39.0 Å². The van der Waals surface area contributed by atoms with Gasteiger partial charge in [-0.15, -0.1) is 24.8 Å². The summed E-state index contributed by atoms with van der Waals surface area (Å²) < 4.78 is 5.41. The van der Waals surface area contributed by atoms with E-state index in [0.29, 0.717) is 44.6 Å². The Balaban J connectivity index is 0.00000196. The molecule has 164 valence electrons. The molecule has 1 saturated carbocycles. The Morgan fingerprint density at radius 2 is 1.89 bits per heavy atom. The summed E-state index contributed by atoms with van der Waals surface area (Å²) in [5.41, 5.74) is 0. The first-order valence-electron chi connectivity index (χ1n) is 10.2. The molecule has 0 aromatic heterocycles. The fraction of sp³-hybridized carbons (Fsp3) is 0.895. The second-order valence-electron chi connectivity index (χ2n) is 8.12. The normalized spacial score (nSPS) is 28.6. The number of nitrogens with zero attached hydrogens (tertiary/aromatic N) is 2. The maximum absolute atomic E-state index is 12.4. The van der Waals surface area contributed by atoms with Gasteiger partial charge < -0.3 is 20.3 Å². The molecule has 9 heteroatoms. The van der Waals surface area contributed by atoms with Gasteiger partial charge in [0.15, 0.2) is 0 Å². The van der Waals surface area contributed by atoms with Crippen LogP contribution in [-0.2, 0) is 14.3 Å². The van der Waals surface area contributed by atoms with Gasteiger partial charge in [-0.2, -0.15) is 0 Å². The van der Waals surface area contributed by atoms with Crippen molar-refractivity contribution in [3.63, 3.8) is 0 Å². The predicted molar refractivity (Wildman–Crippen MR) is 114 cm³/mol. The number of carbonyl (C=O) groups excluding carboxylic acids is 2. The molecular formula is C19H36Cl2N4O3. The minimum absolute atomic E-state index is 0. The molecule has 3 aliphatic rings. The zero-order chi connectivity index (χ0) is 18.4. The first-order chi connectivity index (χ1) is 12.6. The van der Waals surface area contributed by atoms with E-state index in [0.717, 1.165) is 39.1 Å². The summed E-state index contributed by atoms with van der Waals surface area (Å²) in [6, 6.07) is 0.484. The lowest BCUT2D eigenvalue weighted by molar-refractivity contribution is -0.134.